The number of anilines is 1. The Bertz CT molecular complexity index is 1190. The van der Waals surface area contributed by atoms with Gasteiger partial charge in [-0.1, -0.05) is 6.07 Å². The fraction of sp³-hybridized carbons (Fsp3) is 0.480. The molecule has 0 aromatic heterocycles. The number of hydrogen-bond acceptors (Lipinski definition) is 4. The molecular weight excluding hydrogens is 523 g/mol. The number of likely N-dealkylation sites (N-methyl/N-ethyl adjacent to an activating group) is 1. The molecule has 2 aromatic carbocycles. The van der Waals surface area contributed by atoms with Crippen LogP contribution in [0.1, 0.15) is 36.8 Å². The van der Waals surface area contributed by atoms with Gasteiger partial charge in [0, 0.05) is 23.2 Å². The monoisotopic (exact) mass is 549 g/mol. The van der Waals surface area contributed by atoms with E-state index in [1.54, 1.807) is 6.07 Å². The highest BCUT2D eigenvalue weighted by atomic mass is 19.4. The van der Waals surface area contributed by atoms with Crippen molar-refractivity contribution < 1.29 is 45.0 Å². The average molecular weight is 549 g/mol. The molecule has 3 atom stereocenters. The lowest BCUT2D eigenvalue weighted by Gasteiger charge is -2.45. The van der Waals surface area contributed by atoms with Gasteiger partial charge in [0.05, 0.1) is 12.7 Å². The highest BCUT2D eigenvalue weighted by molar-refractivity contribution is 5.89. The third kappa shape index (κ3) is 5.92. The molecule has 0 bridgehead atoms. The van der Waals surface area contributed by atoms with Crippen LogP contribution in [0.2, 0.25) is 0 Å². The smallest absolute Gasteiger partial charge is 0.493 e. The van der Waals surface area contributed by atoms with Crippen LogP contribution < -0.4 is 20.1 Å². The first kappa shape index (κ1) is 27.8. The Kier molecular flexibility index (Phi) is 7.43. The molecular formula is C25H26F7N3O3. The van der Waals surface area contributed by atoms with Gasteiger partial charge in [-0.05, 0) is 75.2 Å². The average Bonchev–Trinajstić information content (AvgIpc) is 3.14. The lowest BCUT2D eigenvalue weighted by molar-refractivity contribution is -0.275. The van der Waals surface area contributed by atoms with Gasteiger partial charge in [0.2, 0.25) is 0 Å². The first-order chi connectivity index (χ1) is 17.7. The number of methoxy groups -OCH3 is 1. The van der Waals surface area contributed by atoms with Crippen molar-refractivity contribution in [3.05, 3.63) is 53.3 Å². The molecule has 2 aromatic rings. The lowest BCUT2D eigenvalue weighted by Crippen LogP contribution is -2.52. The molecule has 0 unspecified atom stereocenters. The highest BCUT2D eigenvalue weighted by Crippen LogP contribution is 2.50. The summed E-state index contributed by atoms with van der Waals surface area (Å²) in [6.07, 6.45) is -7.55. The zero-order chi connectivity index (χ0) is 27.9. The van der Waals surface area contributed by atoms with E-state index in [2.05, 4.69) is 20.3 Å². The zero-order valence-electron chi connectivity index (χ0n) is 20.5. The van der Waals surface area contributed by atoms with Crippen molar-refractivity contribution in [2.75, 3.05) is 26.0 Å². The van der Waals surface area contributed by atoms with E-state index in [9.17, 15) is 35.5 Å². The summed E-state index contributed by atoms with van der Waals surface area (Å²) < 4.78 is 101. The number of likely N-dealkylation sites (tertiary alicyclic amines) is 1. The van der Waals surface area contributed by atoms with Gasteiger partial charge in [-0.25, -0.2) is 9.18 Å². The minimum Gasteiger partial charge on any atom is -0.493 e. The van der Waals surface area contributed by atoms with Gasteiger partial charge in [0.1, 0.15) is 5.82 Å². The number of alkyl halides is 6. The molecule has 4 rings (SSSR count). The van der Waals surface area contributed by atoms with Crippen LogP contribution in [0.15, 0.2) is 36.4 Å². The summed E-state index contributed by atoms with van der Waals surface area (Å²) in [5, 5.41) is 4.99. The predicted octanol–water partition coefficient (Wildman–Crippen LogP) is 6.07. The van der Waals surface area contributed by atoms with Crippen molar-refractivity contribution in [2.24, 2.45) is 0 Å². The molecule has 2 fully saturated rings. The molecule has 2 aliphatic rings. The van der Waals surface area contributed by atoms with Crippen LogP contribution in [-0.2, 0) is 11.6 Å². The van der Waals surface area contributed by atoms with Crippen LogP contribution in [-0.4, -0.2) is 50.1 Å². The fourth-order valence-corrected chi connectivity index (χ4v) is 5.62. The van der Waals surface area contributed by atoms with Gasteiger partial charge in [-0.15, -0.1) is 13.2 Å². The van der Waals surface area contributed by atoms with Gasteiger partial charge in [0.15, 0.2) is 11.5 Å². The van der Waals surface area contributed by atoms with Crippen LogP contribution in [0.25, 0.3) is 0 Å². The van der Waals surface area contributed by atoms with E-state index >= 15 is 0 Å². The van der Waals surface area contributed by atoms with Gasteiger partial charge in [-0.2, -0.15) is 13.2 Å². The number of fused-ring (bicyclic) bond motifs is 1. The van der Waals surface area contributed by atoms with E-state index in [-0.39, 0.29) is 23.5 Å². The maximum Gasteiger partial charge on any atom is 0.573 e. The summed E-state index contributed by atoms with van der Waals surface area (Å²) in [7, 11) is 3.13. The molecule has 1 aliphatic carbocycles. The van der Waals surface area contributed by atoms with Gasteiger partial charge < -0.3 is 25.0 Å². The first-order valence-electron chi connectivity index (χ1n) is 11.8. The summed E-state index contributed by atoms with van der Waals surface area (Å²) in [6.45, 7) is 0.675. The predicted molar refractivity (Wildman–Crippen MR) is 124 cm³/mol. The molecule has 1 saturated heterocycles. The second-order valence-electron chi connectivity index (χ2n) is 9.61. The standard InChI is InChI=1S/C25H26F7N3O3/c1-35-8-7-23(14-3-4-19(37-2)20(11-14)38-25(30,31)32)6-5-17(13-21(23)35)33-22(36)34-18-10-15(24(27,28)29)9-16(26)12-18/h3-4,9-12,17,21H,5-8,13H2,1-2H3,(H2,33,34,36)/t17-,21+,23+/m1/s1. The number of halogens is 7. The number of urea groups is 1. The number of amides is 2. The van der Waals surface area contributed by atoms with Crippen LogP contribution in [0.3, 0.4) is 0 Å². The number of hydrogen-bond donors (Lipinski definition) is 2. The molecule has 1 aliphatic heterocycles. The summed E-state index contributed by atoms with van der Waals surface area (Å²) in [5.74, 6) is -1.63. The molecule has 208 valence electrons. The highest BCUT2D eigenvalue weighted by Gasteiger charge is 2.51. The second kappa shape index (κ2) is 10.2. The summed E-state index contributed by atoms with van der Waals surface area (Å²) in [4.78, 5) is 14.6. The van der Waals surface area contributed by atoms with Crippen LogP contribution >= 0.6 is 0 Å². The van der Waals surface area contributed by atoms with E-state index in [4.69, 9.17) is 4.74 Å². The van der Waals surface area contributed by atoms with E-state index in [1.165, 1.54) is 19.2 Å². The van der Waals surface area contributed by atoms with Crippen molar-refractivity contribution in [2.45, 2.75) is 55.7 Å². The van der Waals surface area contributed by atoms with Crippen LogP contribution in [0.5, 0.6) is 11.5 Å². The Balaban J connectivity index is 1.50. The molecule has 13 heteroatoms. The van der Waals surface area contributed by atoms with Crippen molar-refractivity contribution in [1.82, 2.24) is 10.2 Å². The summed E-state index contributed by atoms with van der Waals surface area (Å²) in [6, 6.07) is 4.98. The number of nitrogens with one attached hydrogen (secondary N) is 2. The first-order valence-corrected chi connectivity index (χ1v) is 11.8. The molecule has 1 saturated carbocycles. The third-order valence-corrected chi connectivity index (χ3v) is 7.31. The van der Waals surface area contributed by atoms with Crippen LogP contribution in [0, 0.1) is 5.82 Å². The van der Waals surface area contributed by atoms with Crippen molar-refractivity contribution in [3.8, 4) is 11.5 Å². The largest absolute Gasteiger partial charge is 0.573 e. The molecule has 0 spiro atoms. The van der Waals surface area contributed by atoms with Crippen molar-refractivity contribution in [1.29, 1.82) is 0 Å². The van der Waals surface area contributed by atoms with E-state index in [1.807, 2.05) is 7.05 Å². The van der Waals surface area contributed by atoms with Crippen molar-refractivity contribution in [3.63, 3.8) is 0 Å². The van der Waals surface area contributed by atoms with E-state index in [0.29, 0.717) is 49.9 Å². The van der Waals surface area contributed by atoms with Gasteiger partial charge in [-0.3, -0.25) is 0 Å². The normalized spacial score (nSPS) is 24.0. The molecule has 2 N–H and O–H groups in total. The summed E-state index contributed by atoms with van der Waals surface area (Å²) >= 11 is 0. The molecule has 0 radical (unpaired) electrons. The fourth-order valence-electron chi connectivity index (χ4n) is 5.62. The molecule has 6 nitrogen and oxygen atoms in total. The van der Waals surface area contributed by atoms with Gasteiger partial charge >= 0.3 is 18.6 Å². The van der Waals surface area contributed by atoms with E-state index in [0.717, 1.165) is 6.07 Å². The minimum atomic E-state index is -4.90. The number of nitrogens with zero attached hydrogens (tertiary/aromatic N) is 1. The second-order valence-corrected chi connectivity index (χ2v) is 9.61. The maximum atomic E-state index is 13.7. The number of ether oxygens (including phenoxy) is 2. The van der Waals surface area contributed by atoms with Crippen LogP contribution in [0.4, 0.5) is 41.2 Å². The Labute approximate surface area is 214 Å². The number of benzene rings is 2. The number of carbonyl (C=O) groups is 1. The Morgan fingerprint density at radius 2 is 1.79 bits per heavy atom. The zero-order valence-corrected chi connectivity index (χ0v) is 20.5. The van der Waals surface area contributed by atoms with Crippen molar-refractivity contribution >= 4 is 11.7 Å². The topological polar surface area (TPSA) is 62.8 Å². The van der Waals surface area contributed by atoms with E-state index < -0.39 is 41.1 Å². The Morgan fingerprint density at radius 1 is 1.05 bits per heavy atom. The quantitative estimate of drug-likeness (QED) is 0.445. The van der Waals surface area contributed by atoms with Gasteiger partial charge in [0.25, 0.3) is 0 Å². The molecule has 38 heavy (non-hydrogen) atoms. The number of carbonyl (C=O) groups excluding carboxylic acids is 1. The molecule has 2 amide bonds. The Morgan fingerprint density at radius 3 is 2.45 bits per heavy atom. The minimum absolute atomic E-state index is 0.0524. The molecule has 1 heterocycles. The third-order valence-electron chi connectivity index (χ3n) is 7.31. The lowest BCUT2D eigenvalue weighted by atomic mass is 9.65. The maximum absolute atomic E-state index is 13.7. The summed E-state index contributed by atoms with van der Waals surface area (Å²) in [5.41, 5.74) is -1.40. The SMILES string of the molecule is COc1ccc([C@@]23CC[C@@H](NC(=O)Nc4cc(F)cc(C(F)(F)F)c4)C[C@@H]2N(C)CC3)cc1OC(F)(F)F. The number of rotatable bonds is 5. The Hall–Kier alpha value is -3.22.